The van der Waals surface area contributed by atoms with Gasteiger partial charge in [0.1, 0.15) is 0 Å². The van der Waals surface area contributed by atoms with Gasteiger partial charge in [-0.05, 0) is 38.3 Å². The summed E-state index contributed by atoms with van der Waals surface area (Å²) >= 11 is 0. The van der Waals surface area contributed by atoms with Crippen molar-refractivity contribution in [3.05, 3.63) is 18.2 Å². The fraction of sp³-hybridized carbons (Fsp3) is 0.562. The van der Waals surface area contributed by atoms with Crippen molar-refractivity contribution in [2.24, 2.45) is 0 Å². The van der Waals surface area contributed by atoms with Gasteiger partial charge in [0.25, 0.3) is 0 Å². The Morgan fingerprint density at radius 1 is 1.19 bits per heavy atom. The number of nitrogens with one attached hydrogen (secondary N) is 2. The van der Waals surface area contributed by atoms with Crippen LogP contribution in [0.15, 0.2) is 18.2 Å². The van der Waals surface area contributed by atoms with Crippen LogP contribution in [0.2, 0.25) is 0 Å². The molecule has 1 aromatic carbocycles. The molecule has 0 radical (unpaired) electrons. The lowest BCUT2D eigenvalue weighted by molar-refractivity contribution is -0.118. The molecule has 2 N–H and O–H groups in total. The highest BCUT2D eigenvalue weighted by Crippen LogP contribution is 2.32. The Bertz CT molecular complexity index is 518. The Hall–Kier alpha value is -1.75. The number of carbonyl (C=O) groups is 1. The molecule has 5 nitrogen and oxygen atoms in total. The van der Waals surface area contributed by atoms with E-state index in [2.05, 4.69) is 17.6 Å². The van der Waals surface area contributed by atoms with E-state index >= 15 is 0 Å². The monoisotopic (exact) mass is 290 g/mol. The first-order valence-corrected chi connectivity index (χ1v) is 7.69. The zero-order chi connectivity index (χ0) is 14.7. The van der Waals surface area contributed by atoms with Crippen LogP contribution in [0.5, 0.6) is 11.5 Å². The van der Waals surface area contributed by atoms with Gasteiger partial charge in [-0.3, -0.25) is 4.79 Å². The summed E-state index contributed by atoms with van der Waals surface area (Å²) in [6.07, 6.45) is 3.99. The molecular weight excluding hydrogens is 268 g/mol. The lowest BCUT2D eigenvalue weighted by Crippen LogP contribution is -2.47. The van der Waals surface area contributed by atoms with Crippen LogP contribution >= 0.6 is 0 Å². The molecule has 21 heavy (non-hydrogen) atoms. The first kappa shape index (κ1) is 14.2. The van der Waals surface area contributed by atoms with Crippen molar-refractivity contribution >= 4 is 11.6 Å². The molecule has 2 unspecified atom stereocenters. The highest BCUT2D eigenvalue weighted by atomic mass is 16.5. The normalized spacial score (nSPS) is 25.0. The number of anilines is 1. The molecule has 0 spiro atoms. The smallest absolute Gasteiger partial charge is 0.241 e. The van der Waals surface area contributed by atoms with E-state index in [0.29, 0.717) is 25.0 Å². The minimum absolute atomic E-state index is 0.0241. The molecule has 0 aromatic heterocycles. The van der Waals surface area contributed by atoms with Crippen molar-refractivity contribution in [3.8, 4) is 11.5 Å². The number of piperidine rings is 1. The summed E-state index contributed by atoms with van der Waals surface area (Å²) < 4.78 is 11.2. The van der Waals surface area contributed by atoms with Crippen molar-refractivity contribution in [2.45, 2.75) is 44.7 Å². The van der Waals surface area contributed by atoms with Crippen LogP contribution in [0, 0.1) is 0 Å². The maximum Gasteiger partial charge on any atom is 0.241 e. The lowest BCUT2D eigenvalue weighted by Gasteiger charge is -2.27. The first-order chi connectivity index (χ1) is 10.2. The molecule has 3 rings (SSSR count). The van der Waals surface area contributed by atoms with Gasteiger partial charge in [0.2, 0.25) is 5.91 Å². The zero-order valence-electron chi connectivity index (χ0n) is 12.4. The number of ether oxygens (including phenoxy) is 2. The van der Waals surface area contributed by atoms with Gasteiger partial charge in [0.15, 0.2) is 11.5 Å². The van der Waals surface area contributed by atoms with E-state index in [4.69, 9.17) is 9.47 Å². The van der Waals surface area contributed by atoms with Crippen LogP contribution in [0.4, 0.5) is 5.69 Å². The van der Waals surface area contributed by atoms with E-state index in [0.717, 1.165) is 37.1 Å². The van der Waals surface area contributed by atoms with E-state index in [1.807, 2.05) is 18.2 Å². The molecular formula is C16H22N2O3. The predicted molar refractivity (Wildman–Crippen MR) is 80.9 cm³/mol. The van der Waals surface area contributed by atoms with E-state index in [9.17, 15) is 4.79 Å². The fourth-order valence-electron chi connectivity index (χ4n) is 2.82. The van der Waals surface area contributed by atoms with Gasteiger partial charge in [-0.1, -0.05) is 0 Å². The fourth-order valence-corrected chi connectivity index (χ4v) is 2.82. The molecule has 114 valence electrons. The minimum Gasteiger partial charge on any atom is -0.490 e. The Balaban J connectivity index is 1.67. The van der Waals surface area contributed by atoms with Crippen LogP contribution in [0.25, 0.3) is 0 Å². The maximum absolute atomic E-state index is 12.3. The lowest BCUT2D eigenvalue weighted by atomic mass is 9.99. The highest BCUT2D eigenvalue weighted by molar-refractivity contribution is 5.95. The van der Waals surface area contributed by atoms with Gasteiger partial charge < -0.3 is 20.1 Å². The predicted octanol–water partition coefficient (Wildman–Crippen LogP) is 2.32. The van der Waals surface area contributed by atoms with Gasteiger partial charge >= 0.3 is 0 Å². The standard InChI is InChI=1S/C16H22N2O3/c1-11-4-2-5-13(17-11)16(19)18-12-6-7-14-15(10-12)21-9-3-8-20-14/h6-7,10-11,13,17H,2-5,8-9H2,1H3,(H,18,19). The van der Waals surface area contributed by atoms with Crippen molar-refractivity contribution in [1.82, 2.24) is 5.32 Å². The second-order valence-corrected chi connectivity index (χ2v) is 5.75. The van der Waals surface area contributed by atoms with Crippen molar-refractivity contribution < 1.29 is 14.3 Å². The average molecular weight is 290 g/mol. The van der Waals surface area contributed by atoms with Gasteiger partial charge in [0.05, 0.1) is 19.3 Å². The summed E-state index contributed by atoms with van der Waals surface area (Å²) in [4.78, 5) is 12.3. The number of amides is 1. The van der Waals surface area contributed by atoms with E-state index in [-0.39, 0.29) is 11.9 Å². The number of fused-ring (bicyclic) bond motifs is 1. The zero-order valence-corrected chi connectivity index (χ0v) is 12.4. The van der Waals surface area contributed by atoms with E-state index in [1.165, 1.54) is 0 Å². The van der Waals surface area contributed by atoms with Gasteiger partial charge in [-0.2, -0.15) is 0 Å². The SMILES string of the molecule is CC1CCCC(C(=O)Nc2ccc3c(c2)OCCCO3)N1. The number of benzene rings is 1. The summed E-state index contributed by atoms with van der Waals surface area (Å²) in [7, 11) is 0. The van der Waals surface area contributed by atoms with Crippen molar-refractivity contribution in [1.29, 1.82) is 0 Å². The van der Waals surface area contributed by atoms with Crippen LogP contribution in [-0.2, 0) is 4.79 Å². The number of rotatable bonds is 2. The Labute approximate surface area is 125 Å². The largest absolute Gasteiger partial charge is 0.490 e. The van der Waals surface area contributed by atoms with Crippen LogP contribution in [-0.4, -0.2) is 31.2 Å². The maximum atomic E-state index is 12.3. The summed E-state index contributed by atoms with van der Waals surface area (Å²) in [6, 6.07) is 5.85. The minimum atomic E-state index is -0.107. The van der Waals surface area contributed by atoms with Crippen molar-refractivity contribution in [2.75, 3.05) is 18.5 Å². The molecule has 2 atom stereocenters. The van der Waals surface area contributed by atoms with Crippen molar-refractivity contribution in [3.63, 3.8) is 0 Å². The van der Waals surface area contributed by atoms with Gasteiger partial charge in [-0.25, -0.2) is 0 Å². The Morgan fingerprint density at radius 3 is 2.81 bits per heavy atom. The molecule has 2 aliphatic heterocycles. The highest BCUT2D eigenvalue weighted by Gasteiger charge is 2.24. The summed E-state index contributed by atoms with van der Waals surface area (Å²) in [6.45, 7) is 3.43. The summed E-state index contributed by atoms with van der Waals surface area (Å²) in [5.74, 6) is 1.47. The Kier molecular flexibility index (Phi) is 4.29. The molecule has 5 heteroatoms. The van der Waals surface area contributed by atoms with Crippen LogP contribution < -0.4 is 20.1 Å². The van der Waals surface area contributed by atoms with Gasteiger partial charge in [-0.15, -0.1) is 0 Å². The molecule has 1 saturated heterocycles. The first-order valence-electron chi connectivity index (χ1n) is 7.69. The third-order valence-electron chi connectivity index (χ3n) is 3.95. The molecule has 0 saturated carbocycles. The molecule has 2 aliphatic rings. The quantitative estimate of drug-likeness (QED) is 0.877. The number of carbonyl (C=O) groups excluding carboxylic acids is 1. The van der Waals surface area contributed by atoms with Crippen LogP contribution in [0.3, 0.4) is 0 Å². The topological polar surface area (TPSA) is 59.6 Å². The average Bonchev–Trinajstić information content (AvgIpc) is 2.72. The third-order valence-corrected chi connectivity index (χ3v) is 3.95. The summed E-state index contributed by atoms with van der Waals surface area (Å²) in [5.41, 5.74) is 0.754. The Morgan fingerprint density at radius 2 is 2.00 bits per heavy atom. The molecule has 1 fully saturated rings. The molecule has 0 aliphatic carbocycles. The third kappa shape index (κ3) is 3.47. The second-order valence-electron chi connectivity index (χ2n) is 5.75. The van der Waals surface area contributed by atoms with E-state index in [1.54, 1.807) is 0 Å². The van der Waals surface area contributed by atoms with E-state index < -0.39 is 0 Å². The second kappa shape index (κ2) is 6.35. The van der Waals surface area contributed by atoms with Crippen LogP contribution in [0.1, 0.15) is 32.6 Å². The number of hydrogen-bond donors (Lipinski definition) is 2. The molecule has 2 heterocycles. The molecule has 0 bridgehead atoms. The summed E-state index contributed by atoms with van der Waals surface area (Å²) in [5, 5.41) is 6.31. The van der Waals surface area contributed by atoms with Gasteiger partial charge in [0, 0.05) is 24.2 Å². The number of hydrogen-bond acceptors (Lipinski definition) is 4. The molecule has 1 amide bonds. The molecule has 1 aromatic rings.